The number of nitrogens with zero attached hydrogens (tertiary/aromatic N) is 3. The predicted octanol–water partition coefficient (Wildman–Crippen LogP) is 4.39. The van der Waals surface area contributed by atoms with Crippen LogP contribution in [0.1, 0.15) is 53.7 Å². The third-order valence-electron chi connectivity index (χ3n) is 5.02. The van der Waals surface area contributed by atoms with E-state index in [0.29, 0.717) is 28.1 Å². The van der Waals surface area contributed by atoms with Gasteiger partial charge in [-0.1, -0.05) is 12.5 Å². The van der Waals surface area contributed by atoms with Crippen LogP contribution < -0.4 is 10.9 Å². The summed E-state index contributed by atoms with van der Waals surface area (Å²) < 4.78 is 1.79. The van der Waals surface area contributed by atoms with Gasteiger partial charge < -0.3 is 0 Å². The molecule has 3 aromatic rings. The van der Waals surface area contributed by atoms with E-state index in [9.17, 15) is 9.59 Å². The molecule has 1 N–H and O–H groups in total. The van der Waals surface area contributed by atoms with Gasteiger partial charge in [0, 0.05) is 23.2 Å². The summed E-state index contributed by atoms with van der Waals surface area (Å²) in [6, 6.07) is 5.07. The van der Waals surface area contributed by atoms with E-state index >= 15 is 0 Å². The van der Waals surface area contributed by atoms with Crippen LogP contribution in [0.2, 0.25) is 0 Å². The highest BCUT2D eigenvalue weighted by Gasteiger charge is 2.17. The molecule has 1 amide bonds. The molecule has 28 heavy (non-hydrogen) atoms. The fourth-order valence-corrected chi connectivity index (χ4v) is 4.20. The van der Waals surface area contributed by atoms with Crippen molar-refractivity contribution in [3.05, 3.63) is 57.1 Å². The van der Waals surface area contributed by atoms with E-state index in [2.05, 4.69) is 10.3 Å². The van der Waals surface area contributed by atoms with Crippen LogP contribution >= 0.6 is 11.3 Å². The van der Waals surface area contributed by atoms with Crippen molar-refractivity contribution in [1.82, 2.24) is 14.5 Å². The van der Waals surface area contributed by atoms with Crippen molar-refractivity contribution in [2.75, 3.05) is 5.32 Å². The van der Waals surface area contributed by atoms with Crippen LogP contribution in [-0.2, 0) is 6.54 Å². The highest BCUT2D eigenvalue weighted by atomic mass is 32.1. The molecule has 0 radical (unpaired) electrons. The first-order valence-electron chi connectivity index (χ1n) is 9.51. The number of aromatic nitrogens is 3. The van der Waals surface area contributed by atoms with E-state index in [0.717, 1.165) is 42.0 Å². The minimum atomic E-state index is -0.254. The third-order valence-corrected chi connectivity index (χ3v) is 5.85. The Hall–Kier alpha value is -2.80. The second kappa shape index (κ2) is 7.67. The largest absolute Gasteiger partial charge is 0.298 e. The molecule has 1 aromatic carbocycles. The van der Waals surface area contributed by atoms with Crippen molar-refractivity contribution < 1.29 is 4.79 Å². The normalized spacial score (nSPS) is 15.9. The highest BCUT2D eigenvalue weighted by molar-refractivity contribution is 7.15. The van der Waals surface area contributed by atoms with E-state index in [-0.39, 0.29) is 11.5 Å². The number of anilines is 1. The van der Waals surface area contributed by atoms with Crippen molar-refractivity contribution in [3.63, 3.8) is 0 Å². The SMILES string of the molecule is C/C=C1\CCCCCn2c1nc1cc(C(=O)Nc3ncc(C)s3)ccc1c2=O. The molecule has 0 atom stereocenters. The van der Waals surface area contributed by atoms with Gasteiger partial charge in [-0.25, -0.2) is 9.97 Å². The monoisotopic (exact) mass is 394 g/mol. The summed E-state index contributed by atoms with van der Waals surface area (Å²) in [5.41, 5.74) is 2.07. The number of carbonyl (C=O) groups is 1. The van der Waals surface area contributed by atoms with Crippen LogP contribution in [0.4, 0.5) is 5.13 Å². The Morgan fingerprint density at radius 1 is 1.29 bits per heavy atom. The minimum Gasteiger partial charge on any atom is -0.298 e. The topological polar surface area (TPSA) is 76.9 Å². The Labute approximate surface area is 167 Å². The van der Waals surface area contributed by atoms with Gasteiger partial charge in [-0.2, -0.15) is 0 Å². The first-order valence-corrected chi connectivity index (χ1v) is 10.3. The number of allylic oxidation sites excluding steroid dienone is 2. The molecule has 1 aliphatic rings. The number of hydrogen-bond donors (Lipinski definition) is 1. The smallest absolute Gasteiger partial charge is 0.261 e. The zero-order valence-electron chi connectivity index (χ0n) is 16.0. The minimum absolute atomic E-state index is 0.0382. The molecule has 0 saturated carbocycles. The van der Waals surface area contributed by atoms with Gasteiger partial charge in [0.1, 0.15) is 5.82 Å². The van der Waals surface area contributed by atoms with Gasteiger partial charge in [0.25, 0.3) is 11.5 Å². The Morgan fingerprint density at radius 2 is 2.14 bits per heavy atom. The molecule has 144 valence electrons. The Kier molecular flexibility index (Phi) is 5.09. The van der Waals surface area contributed by atoms with Crippen molar-refractivity contribution in [2.45, 2.75) is 46.1 Å². The van der Waals surface area contributed by atoms with Gasteiger partial charge in [0.2, 0.25) is 0 Å². The van der Waals surface area contributed by atoms with Crippen LogP contribution in [-0.4, -0.2) is 20.4 Å². The Balaban J connectivity index is 1.78. The van der Waals surface area contributed by atoms with Gasteiger partial charge in [-0.15, -0.1) is 11.3 Å². The molecule has 0 bridgehead atoms. The molecule has 0 spiro atoms. The van der Waals surface area contributed by atoms with Crippen LogP contribution in [0.5, 0.6) is 0 Å². The second-order valence-electron chi connectivity index (χ2n) is 6.98. The standard InChI is InChI=1S/C21H22N4O2S/c1-3-14-7-5-4-6-10-25-18(14)23-17-11-15(8-9-16(17)20(25)27)19(26)24-21-22-12-13(2)28-21/h3,8-9,11-12H,4-7,10H2,1-2H3,(H,22,24,26)/b14-3+. The summed E-state index contributed by atoms with van der Waals surface area (Å²) in [4.78, 5) is 35.6. The molecule has 0 saturated heterocycles. The van der Waals surface area contributed by atoms with Crippen LogP contribution in [0.25, 0.3) is 16.5 Å². The van der Waals surface area contributed by atoms with Crippen molar-refractivity contribution in [3.8, 4) is 0 Å². The fourth-order valence-electron chi connectivity index (χ4n) is 3.54. The van der Waals surface area contributed by atoms with E-state index in [1.807, 2.05) is 19.9 Å². The maximum absolute atomic E-state index is 13.1. The van der Waals surface area contributed by atoms with Gasteiger partial charge in [0.15, 0.2) is 5.13 Å². The molecule has 2 aromatic heterocycles. The third kappa shape index (κ3) is 3.49. The van der Waals surface area contributed by atoms with E-state index in [1.54, 1.807) is 29.0 Å². The van der Waals surface area contributed by atoms with Crippen LogP contribution in [0.15, 0.2) is 35.3 Å². The summed E-state index contributed by atoms with van der Waals surface area (Å²) in [6.07, 6.45) is 7.86. The quantitative estimate of drug-likeness (QED) is 0.699. The first kappa shape index (κ1) is 18.6. The summed E-state index contributed by atoms with van der Waals surface area (Å²) in [7, 11) is 0. The number of carbonyl (C=O) groups excluding carboxylic acids is 1. The highest BCUT2D eigenvalue weighted by Crippen LogP contribution is 2.24. The summed E-state index contributed by atoms with van der Waals surface area (Å²) in [5, 5.41) is 3.91. The fraction of sp³-hybridized carbons (Fsp3) is 0.333. The number of rotatable bonds is 2. The van der Waals surface area contributed by atoms with Gasteiger partial charge in [0.05, 0.1) is 10.9 Å². The van der Waals surface area contributed by atoms with Crippen molar-refractivity contribution in [1.29, 1.82) is 0 Å². The molecular weight excluding hydrogens is 372 g/mol. The lowest BCUT2D eigenvalue weighted by Gasteiger charge is -2.18. The van der Waals surface area contributed by atoms with Gasteiger partial charge in [-0.3, -0.25) is 19.5 Å². The summed E-state index contributed by atoms with van der Waals surface area (Å²) in [5.74, 6) is 0.476. The molecule has 0 fully saturated rings. The van der Waals surface area contributed by atoms with Crippen LogP contribution in [0.3, 0.4) is 0 Å². The zero-order chi connectivity index (χ0) is 19.7. The number of aryl methyl sites for hydroxylation is 1. The predicted molar refractivity (Wildman–Crippen MR) is 113 cm³/mol. The maximum Gasteiger partial charge on any atom is 0.261 e. The lowest BCUT2D eigenvalue weighted by Crippen LogP contribution is -2.26. The molecule has 4 rings (SSSR count). The number of nitrogens with one attached hydrogen (secondary N) is 1. The second-order valence-corrected chi connectivity index (χ2v) is 8.21. The average Bonchev–Trinajstić information content (AvgIpc) is 3.08. The average molecular weight is 395 g/mol. The Morgan fingerprint density at radius 3 is 2.89 bits per heavy atom. The number of fused-ring (bicyclic) bond motifs is 2. The van der Waals surface area contributed by atoms with Gasteiger partial charge in [-0.05, 0) is 56.9 Å². The number of benzene rings is 1. The molecular formula is C21H22N4O2S. The Bertz CT molecular complexity index is 1140. The summed E-state index contributed by atoms with van der Waals surface area (Å²) >= 11 is 1.42. The summed E-state index contributed by atoms with van der Waals surface area (Å²) in [6.45, 7) is 4.60. The lowest BCUT2D eigenvalue weighted by molar-refractivity contribution is 0.102. The molecule has 6 nitrogen and oxygen atoms in total. The van der Waals surface area contributed by atoms with Gasteiger partial charge >= 0.3 is 0 Å². The zero-order valence-corrected chi connectivity index (χ0v) is 16.8. The number of amides is 1. The van der Waals surface area contributed by atoms with Crippen molar-refractivity contribution >= 4 is 38.9 Å². The molecule has 0 unspecified atom stereocenters. The molecule has 7 heteroatoms. The number of thiazole rings is 1. The van der Waals surface area contributed by atoms with Crippen LogP contribution in [0, 0.1) is 6.92 Å². The molecule has 1 aliphatic heterocycles. The first-order chi connectivity index (χ1) is 13.6. The maximum atomic E-state index is 13.1. The van der Waals surface area contributed by atoms with E-state index in [4.69, 9.17) is 4.98 Å². The molecule has 0 aliphatic carbocycles. The van der Waals surface area contributed by atoms with E-state index in [1.165, 1.54) is 11.3 Å². The van der Waals surface area contributed by atoms with E-state index < -0.39 is 0 Å². The lowest BCUT2D eigenvalue weighted by atomic mass is 10.0. The molecule has 3 heterocycles. The number of hydrogen-bond acceptors (Lipinski definition) is 5. The van der Waals surface area contributed by atoms with Crippen molar-refractivity contribution in [2.24, 2.45) is 0 Å².